The van der Waals surface area contributed by atoms with Crippen LogP contribution in [0.4, 0.5) is 11.6 Å². The summed E-state index contributed by atoms with van der Waals surface area (Å²) >= 11 is 0. The van der Waals surface area contributed by atoms with Gasteiger partial charge in [-0.15, -0.1) is 0 Å². The van der Waals surface area contributed by atoms with Gasteiger partial charge in [-0.3, -0.25) is 0 Å². The molecule has 2 rings (SSSR count). The van der Waals surface area contributed by atoms with Crippen LogP contribution in [0.15, 0.2) is 0 Å². The minimum atomic E-state index is -0.439. The van der Waals surface area contributed by atoms with Gasteiger partial charge in [0.2, 0.25) is 0 Å². The van der Waals surface area contributed by atoms with Crippen LogP contribution in [0.25, 0.3) is 0 Å². The molecule has 0 bridgehead atoms. The van der Waals surface area contributed by atoms with E-state index in [0.29, 0.717) is 17.2 Å². The Kier molecular flexibility index (Phi) is 5.07. The topological polar surface area (TPSA) is 91.1 Å². The first-order valence-electron chi connectivity index (χ1n) is 7.85. The van der Waals surface area contributed by atoms with Gasteiger partial charge in [-0.2, -0.15) is 10.4 Å². The molecule has 1 aliphatic carbocycles. The zero-order valence-electron chi connectivity index (χ0n) is 12.9. The molecule has 1 fully saturated rings. The van der Waals surface area contributed by atoms with Crippen molar-refractivity contribution in [2.24, 2.45) is 0 Å². The van der Waals surface area contributed by atoms with Crippen molar-refractivity contribution in [2.75, 3.05) is 23.7 Å². The van der Waals surface area contributed by atoms with Gasteiger partial charge in [-0.25, -0.2) is 4.68 Å². The number of hydrogen-bond acceptors (Lipinski definition) is 5. The molecule has 2 unspecified atom stereocenters. The summed E-state index contributed by atoms with van der Waals surface area (Å²) in [6, 6.07) is 2.05. The first kappa shape index (κ1) is 15.6. The number of aliphatic hydroxyl groups is 1. The highest BCUT2D eigenvalue weighted by Gasteiger charge is 2.29. The smallest absolute Gasteiger partial charge is 0.170 e. The van der Waals surface area contributed by atoms with Crippen molar-refractivity contribution in [1.29, 1.82) is 5.26 Å². The Labute approximate surface area is 126 Å². The number of aromatic nitrogens is 2. The predicted octanol–water partition coefficient (Wildman–Crippen LogP) is 2.05. The van der Waals surface area contributed by atoms with Gasteiger partial charge in [0.25, 0.3) is 0 Å². The van der Waals surface area contributed by atoms with Crippen molar-refractivity contribution in [1.82, 2.24) is 9.78 Å². The van der Waals surface area contributed by atoms with E-state index in [1.807, 2.05) is 18.7 Å². The maximum absolute atomic E-state index is 10.3. The Hall–Kier alpha value is -1.74. The third kappa shape index (κ3) is 2.98. The van der Waals surface area contributed by atoms with Gasteiger partial charge in [0.15, 0.2) is 5.82 Å². The van der Waals surface area contributed by atoms with E-state index >= 15 is 0 Å². The Morgan fingerprint density at radius 3 is 2.62 bits per heavy atom. The molecule has 0 saturated heterocycles. The average molecular weight is 291 g/mol. The lowest BCUT2D eigenvalue weighted by molar-refractivity contribution is 0.100. The normalized spacial score (nSPS) is 22.6. The maximum Gasteiger partial charge on any atom is 0.170 e. The van der Waals surface area contributed by atoms with Crippen molar-refractivity contribution >= 4 is 11.6 Å². The van der Waals surface area contributed by atoms with Gasteiger partial charge < -0.3 is 15.7 Å². The molecule has 0 aliphatic heterocycles. The van der Waals surface area contributed by atoms with Crippen molar-refractivity contribution in [3.05, 3.63) is 5.56 Å². The molecule has 1 heterocycles. The molecule has 0 radical (unpaired) electrons. The van der Waals surface area contributed by atoms with Crippen molar-refractivity contribution in [3.63, 3.8) is 0 Å². The first-order chi connectivity index (χ1) is 10.1. The monoisotopic (exact) mass is 291 g/mol. The summed E-state index contributed by atoms with van der Waals surface area (Å²) in [4.78, 5) is 2.02. The predicted molar refractivity (Wildman–Crippen MR) is 83.0 cm³/mol. The standard InChI is InChI=1S/C15H25N5O/c1-3-19(4-2)15-11(10-16)14(17)20(18-15)12-8-6-5-7-9-13(12)21/h12-13,21H,3-9,17H2,1-2H3. The molecule has 116 valence electrons. The number of anilines is 2. The highest BCUT2D eigenvalue weighted by Crippen LogP contribution is 2.33. The summed E-state index contributed by atoms with van der Waals surface area (Å²) in [6.07, 6.45) is 4.41. The van der Waals surface area contributed by atoms with Crippen LogP contribution in [0.1, 0.15) is 57.6 Å². The highest BCUT2D eigenvalue weighted by molar-refractivity contribution is 5.65. The summed E-state index contributed by atoms with van der Waals surface area (Å²) in [7, 11) is 0. The second kappa shape index (κ2) is 6.81. The average Bonchev–Trinajstić information content (AvgIpc) is 2.66. The lowest BCUT2D eigenvalue weighted by Crippen LogP contribution is -2.26. The van der Waals surface area contributed by atoms with Gasteiger partial charge in [0.1, 0.15) is 17.5 Å². The van der Waals surface area contributed by atoms with Gasteiger partial charge in [0.05, 0.1) is 12.1 Å². The molecule has 1 aromatic heterocycles. The number of nitriles is 1. The quantitative estimate of drug-likeness (QED) is 0.828. The van der Waals surface area contributed by atoms with Crippen molar-refractivity contribution in [2.45, 2.75) is 58.1 Å². The third-order valence-corrected chi connectivity index (χ3v) is 4.36. The van der Waals surface area contributed by atoms with E-state index in [2.05, 4.69) is 11.2 Å². The summed E-state index contributed by atoms with van der Waals surface area (Å²) in [5.41, 5.74) is 6.57. The van der Waals surface area contributed by atoms with Crippen LogP contribution in [0.3, 0.4) is 0 Å². The lowest BCUT2D eigenvalue weighted by Gasteiger charge is -2.22. The van der Waals surface area contributed by atoms with Crippen LogP contribution in [-0.2, 0) is 0 Å². The van der Waals surface area contributed by atoms with E-state index in [1.54, 1.807) is 4.68 Å². The fourth-order valence-corrected chi connectivity index (χ4v) is 3.09. The van der Waals surface area contributed by atoms with Crippen LogP contribution >= 0.6 is 0 Å². The summed E-state index contributed by atoms with van der Waals surface area (Å²) in [5.74, 6) is 1.02. The van der Waals surface area contributed by atoms with Crippen LogP contribution in [0.2, 0.25) is 0 Å². The zero-order valence-corrected chi connectivity index (χ0v) is 12.9. The first-order valence-corrected chi connectivity index (χ1v) is 7.85. The highest BCUT2D eigenvalue weighted by atomic mass is 16.3. The Morgan fingerprint density at radius 2 is 2.00 bits per heavy atom. The molecule has 3 N–H and O–H groups in total. The van der Waals surface area contributed by atoms with Gasteiger partial charge in [0, 0.05) is 13.1 Å². The molecular weight excluding hydrogens is 266 g/mol. The Morgan fingerprint density at radius 1 is 1.33 bits per heavy atom. The van der Waals surface area contributed by atoms with Crippen LogP contribution < -0.4 is 10.6 Å². The largest absolute Gasteiger partial charge is 0.391 e. The van der Waals surface area contributed by atoms with Crippen molar-refractivity contribution < 1.29 is 5.11 Å². The van der Waals surface area contributed by atoms with Crippen LogP contribution in [0.5, 0.6) is 0 Å². The number of nitrogens with two attached hydrogens (primary N) is 1. The summed E-state index contributed by atoms with van der Waals surface area (Å²) in [5, 5.41) is 24.3. The van der Waals surface area contributed by atoms with Gasteiger partial charge in [-0.1, -0.05) is 19.3 Å². The Balaban J connectivity index is 2.42. The van der Waals surface area contributed by atoms with E-state index in [9.17, 15) is 10.4 Å². The molecule has 1 aromatic rings. The second-order valence-electron chi connectivity index (χ2n) is 5.59. The molecule has 0 spiro atoms. The molecule has 0 aromatic carbocycles. The lowest BCUT2D eigenvalue weighted by atomic mass is 10.1. The van der Waals surface area contributed by atoms with Crippen LogP contribution in [-0.4, -0.2) is 34.1 Å². The van der Waals surface area contributed by atoms with E-state index < -0.39 is 6.10 Å². The number of rotatable bonds is 4. The summed E-state index contributed by atoms with van der Waals surface area (Å²) < 4.78 is 1.68. The minimum absolute atomic E-state index is 0.121. The minimum Gasteiger partial charge on any atom is -0.391 e. The fraction of sp³-hybridized carbons (Fsp3) is 0.733. The third-order valence-electron chi connectivity index (χ3n) is 4.36. The molecule has 6 nitrogen and oxygen atoms in total. The zero-order chi connectivity index (χ0) is 15.4. The maximum atomic E-state index is 10.3. The van der Waals surface area contributed by atoms with Crippen molar-refractivity contribution in [3.8, 4) is 6.07 Å². The van der Waals surface area contributed by atoms with E-state index in [-0.39, 0.29) is 6.04 Å². The molecule has 6 heteroatoms. The molecule has 1 saturated carbocycles. The van der Waals surface area contributed by atoms with Gasteiger partial charge >= 0.3 is 0 Å². The van der Waals surface area contributed by atoms with E-state index in [0.717, 1.165) is 45.2 Å². The second-order valence-corrected chi connectivity index (χ2v) is 5.59. The molecule has 2 atom stereocenters. The number of nitrogens with zero attached hydrogens (tertiary/aromatic N) is 4. The number of hydrogen-bond donors (Lipinski definition) is 2. The van der Waals surface area contributed by atoms with Gasteiger partial charge in [-0.05, 0) is 26.7 Å². The van der Waals surface area contributed by atoms with E-state index in [4.69, 9.17) is 5.73 Å². The molecule has 21 heavy (non-hydrogen) atoms. The number of nitrogen functional groups attached to an aromatic ring is 1. The molecule has 0 amide bonds. The fourth-order valence-electron chi connectivity index (χ4n) is 3.09. The van der Waals surface area contributed by atoms with E-state index in [1.165, 1.54) is 0 Å². The Bertz CT molecular complexity index is 515. The number of aliphatic hydroxyl groups excluding tert-OH is 1. The SMILES string of the molecule is CCN(CC)c1nn(C2CCCCCC2O)c(N)c1C#N. The van der Waals surface area contributed by atoms with Crippen LogP contribution in [0, 0.1) is 11.3 Å². The summed E-state index contributed by atoms with van der Waals surface area (Å²) in [6.45, 7) is 5.60. The molecular formula is C15H25N5O. The molecule has 1 aliphatic rings.